The zero-order valence-corrected chi connectivity index (χ0v) is 7.05. The van der Waals surface area contributed by atoms with E-state index in [1.54, 1.807) is 0 Å². The highest BCUT2D eigenvalue weighted by Gasteiger charge is 2.33. The monoisotopic (exact) mass is 153 g/mol. The Kier molecular flexibility index (Phi) is 1.72. The van der Waals surface area contributed by atoms with Crippen molar-refractivity contribution in [3.8, 4) is 0 Å². The SMILES string of the molecule is CC1C[C@H]2CC(=O)CCN2C1. The fourth-order valence-electron chi connectivity index (χ4n) is 2.36. The van der Waals surface area contributed by atoms with Crippen molar-refractivity contribution in [1.82, 2.24) is 4.90 Å². The molecule has 0 amide bonds. The predicted molar refractivity (Wildman–Crippen MR) is 43.4 cm³/mol. The Morgan fingerprint density at radius 3 is 3.18 bits per heavy atom. The zero-order chi connectivity index (χ0) is 7.84. The van der Waals surface area contributed by atoms with Crippen molar-refractivity contribution in [3.63, 3.8) is 0 Å². The van der Waals surface area contributed by atoms with Crippen LogP contribution in [0.3, 0.4) is 0 Å². The second kappa shape index (κ2) is 2.59. The van der Waals surface area contributed by atoms with E-state index in [0.717, 1.165) is 25.3 Å². The van der Waals surface area contributed by atoms with Crippen LogP contribution < -0.4 is 0 Å². The van der Waals surface area contributed by atoms with Gasteiger partial charge in [0, 0.05) is 32.0 Å². The van der Waals surface area contributed by atoms with Gasteiger partial charge in [-0.15, -0.1) is 0 Å². The summed E-state index contributed by atoms with van der Waals surface area (Å²) in [5.74, 6) is 1.28. The van der Waals surface area contributed by atoms with Gasteiger partial charge in [0.05, 0.1) is 0 Å². The maximum absolute atomic E-state index is 11.1. The molecule has 2 fully saturated rings. The van der Waals surface area contributed by atoms with E-state index in [4.69, 9.17) is 0 Å². The number of carbonyl (C=O) groups is 1. The number of Topliss-reactive ketones (excluding diaryl/α,β-unsaturated/α-hetero) is 1. The number of hydrogen-bond acceptors (Lipinski definition) is 2. The number of carbonyl (C=O) groups excluding carboxylic acids is 1. The molecule has 11 heavy (non-hydrogen) atoms. The molecule has 2 nitrogen and oxygen atoms in total. The molecule has 2 heterocycles. The molecule has 62 valence electrons. The molecule has 0 aromatic heterocycles. The molecule has 0 spiro atoms. The number of rotatable bonds is 0. The molecule has 2 saturated heterocycles. The highest BCUT2D eigenvalue weighted by molar-refractivity contribution is 5.80. The third-order valence-electron chi connectivity index (χ3n) is 2.88. The Morgan fingerprint density at radius 2 is 2.36 bits per heavy atom. The van der Waals surface area contributed by atoms with Crippen LogP contribution in [0.25, 0.3) is 0 Å². The smallest absolute Gasteiger partial charge is 0.135 e. The second-order valence-electron chi connectivity index (χ2n) is 3.98. The average Bonchev–Trinajstić information content (AvgIpc) is 2.27. The molecule has 0 aliphatic carbocycles. The number of hydrogen-bond donors (Lipinski definition) is 0. The van der Waals surface area contributed by atoms with Crippen molar-refractivity contribution in [1.29, 1.82) is 0 Å². The summed E-state index contributed by atoms with van der Waals surface area (Å²) in [5, 5.41) is 0. The molecule has 2 rings (SSSR count). The first-order chi connectivity index (χ1) is 5.25. The van der Waals surface area contributed by atoms with Crippen LogP contribution in [-0.2, 0) is 4.79 Å². The van der Waals surface area contributed by atoms with Crippen LogP contribution in [0, 0.1) is 5.92 Å². The normalized spacial score (nSPS) is 39.2. The van der Waals surface area contributed by atoms with Crippen LogP contribution in [0.4, 0.5) is 0 Å². The highest BCUT2D eigenvalue weighted by atomic mass is 16.1. The van der Waals surface area contributed by atoms with Gasteiger partial charge in [0.2, 0.25) is 0 Å². The lowest BCUT2D eigenvalue weighted by Crippen LogP contribution is -2.38. The molecule has 0 saturated carbocycles. The summed E-state index contributed by atoms with van der Waals surface area (Å²) in [6.45, 7) is 4.52. The van der Waals surface area contributed by atoms with E-state index in [1.165, 1.54) is 13.0 Å². The first-order valence-corrected chi connectivity index (χ1v) is 4.51. The molecule has 2 atom stereocenters. The lowest BCUT2D eigenvalue weighted by Gasteiger charge is -2.27. The van der Waals surface area contributed by atoms with E-state index < -0.39 is 0 Å². The standard InChI is InChI=1S/C9H15NO/c1-7-4-8-5-9(11)2-3-10(8)6-7/h7-8H,2-6H2,1H3/t7?,8-/m0/s1. The van der Waals surface area contributed by atoms with Gasteiger partial charge in [-0.25, -0.2) is 0 Å². The minimum absolute atomic E-state index is 0.473. The fourth-order valence-corrected chi connectivity index (χ4v) is 2.36. The van der Waals surface area contributed by atoms with E-state index in [-0.39, 0.29) is 0 Å². The molecule has 0 aromatic carbocycles. The number of ketones is 1. The van der Waals surface area contributed by atoms with Crippen molar-refractivity contribution in [2.75, 3.05) is 13.1 Å². The van der Waals surface area contributed by atoms with Crippen LogP contribution in [0.15, 0.2) is 0 Å². The first kappa shape index (κ1) is 7.29. The van der Waals surface area contributed by atoms with Crippen LogP contribution >= 0.6 is 0 Å². The zero-order valence-electron chi connectivity index (χ0n) is 7.05. The minimum Gasteiger partial charge on any atom is -0.300 e. The summed E-state index contributed by atoms with van der Waals surface area (Å²) in [6.07, 6.45) is 2.86. The van der Waals surface area contributed by atoms with Gasteiger partial charge in [-0.3, -0.25) is 9.69 Å². The summed E-state index contributed by atoms with van der Waals surface area (Å²) in [4.78, 5) is 13.6. The van der Waals surface area contributed by atoms with Gasteiger partial charge in [-0.1, -0.05) is 6.92 Å². The average molecular weight is 153 g/mol. The third kappa shape index (κ3) is 1.32. The van der Waals surface area contributed by atoms with Gasteiger partial charge in [-0.2, -0.15) is 0 Å². The van der Waals surface area contributed by atoms with Crippen molar-refractivity contribution in [2.24, 2.45) is 5.92 Å². The molecule has 2 aliphatic rings. The maximum Gasteiger partial charge on any atom is 0.135 e. The predicted octanol–water partition coefficient (Wildman–Crippen LogP) is 1.06. The van der Waals surface area contributed by atoms with E-state index in [9.17, 15) is 4.79 Å². The molecular weight excluding hydrogens is 138 g/mol. The molecule has 0 bridgehead atoms. The van der Waals surface area contributed by atoms with Crippen molar-refractivity contribution in [3.05, 3.63) is 0 Å². The Morgan fingerprint density at radius 1 is 1.55 bits per heavy atom. The second-order valence-corrected chi connectivity index (χ2v) is 3.98. The van der Waals surface area contributed by atoms with E-state index in [2.05, 4.69) is 11.8 Å². The fraction of sp³-hybridized carbons (Fsp3) is 0.889. The van der Waals surface area contributed by atoms with Gasteiger partial charge < -0.3 is 0 Å². The maximum atomic E-state index is 11.1. The Balaban J connectivity index is 2.02. The number of nitrogens with zero attached hydrogens (tertiary/aromatic N) is 1. The van der Waals surface area contributed by atoms with Crippen molar-refractivity contribution in [2.45, 2.75) is 32.2 Å². The largest absolute Gasteiger partial charge is 0.300 e. The first-order valence-electron chi connectivity index (χ1n) is 4.51. The summed E-state index contributed by atoms with van der Waals surface area (Å²) >= 11 is 0. The van der Waals surface area contributed by atoms with Crippen molar-refractivity contribution < 1.29 is 4.79 Å². The highest BCUT2D eigenvalue weighted by Crippen LogP contribution is 2.28. The Labute approximate surface area is 67.6 Å². The van der Waals surface area contributed by atoms with E-state index in [0.29, 0.717) is 11.8 Å². The molecule has 0 aromatic rings. The van der Waals surface area contributed by atoms with Gasteiger partial charge in [0.25, 0.3) is 0 Å². The van der Waals surface area contributed by atoms with Gasteiger partial charge in [0.15, 0.2) is 0 Å². The summed E-state index contributed by atoms with van der Waals surface area (Å²) in [6, 6.07) is 0.603. The Bertz CT molecular complexity index is 178. The summed E-state index contributed by atoms with van der Waals surface area (Å²) < 4.78 is 0. The van der Waals surface area contributed by atoms with Crippen LogP contribution in [0.1, 0.15) is 26.2 Å². The topological polar surface area (TPSA) is 20.3 Å². The van der Waals surface area contributed by atoms with Crippen molar-refractivity contribution >= 4 is 5.78 Å². The van der Waals surface area contributed by atoms with Gasteiger partial charge in [0.1, 0.15) is 5.78 Å². The summed E-state index contributed by atoms with van der Waals surface area (Å²) in [7, 11) is 0. The molecular formula is C9H15NO. The molecule has 2 aliphatic heterocycles. The third-order valence-corrected chi connectivity index (χ3v) is 2.88. The van der Waals surface area contributed by atoms with Crippen LogP contribution in [-0.4, -0.2) is 29.8 Å². The van der Waals surface area contributed by atoms with E-state index in [1.807, 2.05) is 0 Å². The minimum atomic E-state index is 0.473. The van der Waals surface area contributed by atoms with Crippen LogP contribution in [0.2, 0.25) is 0 Å². The quantitative estimate of drug-likeness (QED) is 0.518. The molecule has 0 N–H and O–H groups in total. The lowest BCUT2D eigenvalue weighted by molar-refractivity contribution is -0.122. The number of fused-ring (bicyclic) bond motifs is 1. The number of piperidine rings is 1. The van der Waals surface area contributed by atoms with Gasteiger partial charge >= 0.3 is 0 Å². The lowest BCUT2D eigenvalue weighted by atomic mass is 10.00. The molecule has 0 radical (unpaired) electrons. The molecule has 2 heteroatoms. The molecule has 1 unspecified atom stereocenters. The van der Waals surface area contributed by atoms with Crippen LogP contribution in [0.5, 0.6) is 0 Å². The van der Waals surface area contributed by atoms with Gasteiger partial charge in [-0.05, 0) is 12.3 Å². The Hall–Kier alpha value is -0.370. The van der Waals surface area contributed by atoms with E-state index >= 15 is 0 Å². The summed E-state index contributed by atoms with van der Waals surface area (Å²) in [5.41, 5.74) is 0.